The number of amides is 1. The Balaban J connectivity index is 1.65. The molecule has 114 valence electrons. The van der Waals surface area contributed by atoms with Crippen LogP contribution in [0.5, 0.6) is 5.75 Å². The summed E-state index contributed by atoms with van der Waals surface area (Å²) in [7, 11) is 0. The van der Waals surface area contributed by atoms with E-state index in [4.69, 9.17) is 4.74 Å². The van der Waals surface area contributed by atoms with Gasteiger partial charge in [0, 0.05) is 13.1 Å². The molecule has 0 bridgehead atoms. The summed E-state index contributed by atoms with van der Waals surface area (Å²) in [5.41, 5.74) is 2.50. The molecule has 0 spiro atoms. The number of halogens is 1. The molecular weight excluding hydrogens is 281 g/mol. The molecule has 1 heterocycles. The van der Waals surface area contributed by atoms with Gasteiger partial charge in [0.05, 0.1) is 0 Å². The second-order valence-electron chi connectivity index (χ2n) is 5.49. The van der Waals surface area contributed by atoms with E-state index in [0.29, 0.717) is 18.8 Å². The predicted octanol–water partition coefficient (Wildman–Crippen LogP) is 3.18. The Labute approximate surface area is 129 Å². The van der Waals surface area contributed by atoms with Gasteiger partial charge in [0.2, 0.25) is 0 Å². The first-order valence-corrected chi connectivity index (χ1v) is 7.41. The van der Waals surface area contributed by atoms with Crippen molar-refractivity contribution in [1.29, 1.82) is 0 Å². The van der Waals surface area contributed by atoms with E-state index in [2.05, 4.69) is 12.1 Å². The van der Waals surface area contributed by atoms with E-state index in [-0.39, 0.29) is 11.7 Å². The molecule has 1 aliphatic heterocycles. The van der Waals surface area contributed by atoms with Gasteiger partial charge >= 0.3 is 0 Å². The lowest BCUT2D eigenvalue weighted by molar-refractivity contribution is -0.138. The first-order chi connectivity index (χ1) is 10.6. The van der Waals surface area contributed by atoms with Gasteiger partial charge in [0.1, 0.15) is 11.6 Å². The molecule has 0 saturated heterocycles. The molecule has 0 fully saturated rings. The van der Waals surface area contributed by atoms with Crippen molar-refractivity contribution in [2.75, 3.05) is 6.54 Å². The Bertz CT molecular complexity index is 669. The van der Waals surface area contributed by atoms with Crippen LogP contribution >= 0.6 is 0 Å². The lowest BCUT2D eigenvalue weighted by Gasteiger charge is -2.31. The van der Waals surface area contributed by atoms with Crippen LogP contribution < -0.4 is 4.74 Å². The predicted molar refractivity (Wildman–Crippen MR) is 82.1 cm³/mol. The molecule has 0 radical (unpaired) electrons. The molecule has 0 aliphatic carbocycles. The van der Waals surface area contributed by atoms with E-state index in [1.165, 1.54) is 35.4 Å². The summed E-state index contributed by atoms with van der Waals surface area (Å²) >= 11 is 0. The first kappa shape index (κ1) is 14.6. The molecule has 2 aromatic carbocycles. The second-order valence-corrected chi connectivity index (χ2v) is 5.49. The van der Waals surface area contributed by atoms with E-state index in [0.717, 1.165) is 6.42 Å². The number of carbonyl (C=O) groups is 1. The maximum Gasteiger partial charge on any atom is 0.263 e. The molecule has 3 rings (SSSR count). The fourth-order valence-corrected chi connectivity index (χ4v) is 2.71. The zero-order chi connectivity index (χ0) is 15.5. The summed E-state index contributed by atoms with van der Waals surface area (Å²) in [6.45, 7) is 3.05. The van der Waals surface area contributed by atoms with E-state index in [9.17, 15) is 9.18 Å². The molecule has 1 amide bonds. The van der Waals surface area contributed by atoms with Crippen molar-refractivity contribution in [2.24, 2.45) is 0 Å². The van der Waals surface area contributed by atoms with Gasteiger partial charge in [-0.3, -0.25) is 4.79 Å². The lowest BCUT2D eigenvalue weighted by atomic mass is 9.99. The summed E-state index contributed by atoms with van der Waals surface area (Å²) in [6, 6.07) is 13.9. The third-order valence-corrected chi connectivity index (χ3v) is 3.92. The summed E-state index contributed by atoms with van der Waals surface area (Å²) in [5, 5.41) is 0. The number of carbonyl (C=O) groups excluding carboxylic acids is 1. The SMILES string of the molecule is C[C@H](Oc1ccc(F)cc1)C(=O)N1CCc2ccccc2C1. The minimum Gasteiger partial charge on any atom is -0.481 e. The minimum atomic E-state index is -0.587. The average Bonchev–Trinajstić information content (AvgIpc) is 2.55. The number of nitrogens with zero attached hydrogens (tertiary/aromatic N) is 1. The van der Waals surface area contributed by atoms with Crippen molar-refractivity contribution < 1.29 is 13.9 Å². The van der Waals surface area contributed by atoms with Crippen LogP contribution in [0.1, 0.15) is 18.1 Å². The van der Waals surface area contributed by atoms with Gasteiger partial charge in [0.15, 0.2) is 6.10 Å². The Morgan fingerprint density at radius 3 is 2.55 bits per heavy atom. The van der Waals surface area contributed by atoms with E-state index >= 15 is 0 Å². The maximum absolute atomic E-state index is 12.9. The van der Waals surface area contributed by atoms with Gasteiger partial charge in [-0.2, -0.15) is 0 Å². The van der Waals surface area contributed by atoms with Crippen molar-refractivity contribution in [3.63, 3.8) is 0 Å². The summed E-state index contributed by atoms with van der Waals surface area (Å²) in [6.07, 6.45) is 0.279. The number of ether oxygens (including phenoxy) is 1. The van der Waals surface area contributed by atoms with Crippen LogP contribution in [-0.4, -0.2) is 23.5 Å². The molecular formula is C18H18FNO2. The van der Waals surface area contributed by atoms with Crippen LogP contribution in [-0.2, 0) is 17.8 Å². The fourth-order valence-electron chi connectivity index (χ4n) is 2.71. The Hall–Kier alpha value is -2.36. The van der Waals surface area contributed by atoms with E-state index in [1.807, 2.05) is 17.0 Å². The molecule has 0 saturated carbocycles. The van der Waals surface area contributed by atoms with Crippen LogP contribution in [0.2, 0.25) is 0 Å². The van der Waals surface area contributed by atoms with Crippen LogP contribution in [0, 0.1) is 5.82 Å². The molecule has 4 heteroatoms. The van der Waals surface area contributed by atoms with Gasteiger partial charge in [-0.15, -0.1) is 0 Å². The van der Waals surface area contributed by atoms with Crippen molar-refractivity contribution in [1.82, 2.24) is 4.90 Å². The molecule has 2 aromatic rings. The zero-order valence-corrected chi connectivity index (χ0v) is 12.5. The molecule has 0 N–H and O–H groups in total. The van der Waals surface area contributed by atoms with Gasteiger partial charge in [-0.05, 0) is 48.7 Å². The highest BCUT2D eigenvalue weighted by Gasteiger charge is 2.25. The van der Waals surface area contributed by atoms with Gasteiger partial charge in [0.25, 0.3) is 5.91 Å². The van der Waals surface area contributed by atoms with Crippen molar-refractivity contribution in [3.8, 4) is 5.75 Å². The quantitative estimate of drug-likeness (QED) is 0.871. The average molecular weight is 299 g/mol. The number of rotatable bonds is 3. The monoisotopic (exact) mass is 299 g/mol. The number of hydrogen-bond donors (Lipinski definition) is 0. The smallest absolute Gasteiger partial charge is 0.263 e. The zero-order valence-electron chi connectivity index (χ0n) is 12.5. The molecule has 1 aliphatic rings. The first-order valence-electron chi connectivity index (χ1n) is 7.41. The molecule has 1 atom stereocenters. The van der Waals surface area contributed by atoms with E-state index < -0.39 is 6.10 Å². The topological polar surface area (TPSA) is 29.5 Å². The standard InChI is InChI=1S/C18H18FNO2/c1-13(22-17-8-6-16(19)7-9-17)18(21)20-11-10-14-4-2-3-5-15(14)12-20/h2-9,13H,10-12H2,1H3/t13-/m0/s1. The molecule has 3 nitrogen and oxygen atoms in total. The fraction of sp³-hybridized carbons (Fsp3) is 0.278. The molecule has 0 unspecified atom stereocenters. The highest BCUT2D eigenvalue weighted by atomic mass is 19.1. The van der Waals surface area contributed by atoms with Crippen molar-refractivity contribution >= 4 is 5.91 Å². The van der Waals surface area contributed by atoms with Crippen molar-refractivity contribution in [3.05, 3.63) is 65.5 Å². The Kier molecular flexibility index (Phi) is 4.09. The van der Waals surface area contributed by atoms with Crippen LogP contribution in [0.4, 0.5) is 4.39 Å². The Morgan fingerprint density at radius 1 is 1.14 bits per heavy atom. The second kappa shape index (κ2) is 6.18. The highest BCUT2D eigenvalue weighted by molar-refractivity contribution is 5.81. The van der Waals surface area contributed by atoms with Crippen molar-refractivity contribution in [2.45, 2.75) is 26.0 Å². The van der Waals surface area contributed by atoms with Crippen LogP contribution in [0.25, 0.3) is 0 Å². The molecule has 0 aromatic heterocycles. The normalized spacial score (nSPS) is 15.1. The largest absolute Gasteiger partial charge is 0.481 e. The highest BCUT2D eigenvalue weighted by Crippen LogP contribution is 2.20. The summed E-state index contributed by atoms with van der Waals surface area (Å²) in [5.74, 6) is 0.137. The molecule has 22 heavy (non-hydrogen) atoms. The minimum absolute atomic E-state index is 0.0428. The lowest BCUT2D eigenvalue weighted by Crippen LogP contribution is -2.43. The summed E-state index contributed by atoms with van der Waals surface area (Å²) < 4.78 is 18.5. The summed E-state index contributed by atoms with van der Waals surface area (Å²) in [4.78, 5) is 14.3. The van der Waals surface area contributed by atoms with Gasteiger partial charge in [-0.1, -0.05) is 24.3 Å². The van der Waals surface area contributed by atoms with Crippen LogP contribution in [0.3, 0.4) is 0 Å². The third-order valence-electron chi connectivity index (χ3n) is 3.92. The maximum atomic E-state index is 12.9. The van der Waals surface area contributed by atoms with E-state index in [1.54, 1.807) is 6.92 Å². The third kappa shape index (κ3) is 3.11. The number of benzene rings is 2. The number of fused-ring (bicyclic) bond motifs is 1. The Morgan fingerprint density at radius 2 is 1.82 bits per heavy atom. The van der Waals surface area contributed by atoms with Crippen LogP contribution in [0.15, 0.2) is 48.5 Å². The van der Waals surface area contributed by atoms with Gasteiger partial charge < -0.3 is 9.64 Å². The van der Waals surface area contributed by atoms with Gasteiger partial charge in [-0.25, -0.2) is 4.39 Å². The number of hydrogen-bond acceptors (Lipinski definition) is 2.